The second-order valence-corrected chi connectivity index (χ2v) is 14.6. The molecular formula is C45H33B5N4O. The minimum absolute atomic E-state index is 0.598. The van der Waals surface area contributed by atoms with Crippen molar-refractivity contribution in [1.29, 1.82) is 0 Å². The number of para-hydroxylation sites is 1. The van der Waals surface area contributed by atoms with Crippen LogP contribution in [-0.2, 0) is 0 Å². The fourth-order valence-electron chi connectivity index (χ4n) is 8.39. The van der Waals surface area contributed by atoms with Gasteiger partial charge in [0.25, 0.3) is 0 Å². The summed E-state index contributed by atoms with van der Waals surface area (Å²) in [5.74, 6) is 1.86. The Bertz CT molecular complexity index is 3070. The summed E-state index contributed by atoms with van der Waals surface area (Å²) in [7, 11) is 11.3. The molecule has 0 unspecified atom stereocenters. The van der Waals surface area contributed by atoms with Crippen molar-refractivity contribution in [3.05, 3.63) is 140 Å². The molecule has 0 saturated carbocycles. The SMILES string of the molecule is Bc1c(B)c(B)c(-c2cccc3c2c2ccccc2n3-c2ccc3oc4cc(-c5nc(-c6ccccc6)nc(-c6ccccc6)n5)ccc4c3c2)c(B)c1B. The van der Waals surface area contributed by atoms with E-state index >= 15 is 0 Å². The number of benzene rings is 7. The lowest BCUT2D eigenvalue weighted by atomic mass is 9.59. The van der Waals surface area contributed by atoms with Crippen LogP contribution in [0.1, 0.15) is 0 Å². The van der Waals surface area contributed by atoms with Gasteiger partial charge in [0, 0.05) is 43.9 Å². The normalized spacial score (nSPS) is 11.6. The van der Waals surface area contributed by atoms with E-state index in [2.05, 4.69) is 123 Å². The Hall–Kier alpha value is -6.53. The molecule has 0 N–H and O–H groups in total. The Kier molecular flexibility index (Phi) is 7.70. The maximum absolute atomic E-state index is 6.55. The zero-order valence-corrected chi connectivity index (χ0v) is 31.5. The summed E-state index contributed by atoms with van der Waals surface area (Å²) in [6.45, 7) is 0. The van der Waals surface area contributed by atoms with Gasteiger partial charge >= 0.3 is 0 Å². The molecule has 55 heavy (non-hydrogen) atoms. The molecule has 10 heteroatoms. The van der Waals surface area contributed by atoms with E-state index in [1.165, 1.54) is 60.2 Å². The van der Waals surface area contributed by atoms with Gasteiger partial charge in [0.15, 0.2) is 17.5 Å². The van der Waals surface area contributed by atoms with E-state index in [-0.39, 0.29) is 0 Å². The first kappa shape index (κ1) is 33.1. The summed E-state index contributed by atoms with van der Waals surface area (Å²) in [6.07, 6.45) is 0. The van der Waals surface area contributed by atoms with Gasteiger partial charge in [-0.25, -0.2) is 15.0 Å². The number of nitrogens with zero attached hydrogens (tertiary/aromatic N) is 4. The van der Waals surface area contributed by atoms with Crippen LogP contribution in [0.15, 0.2) is 144 Å². The minimum Gasteiger partial charge on any atom is -0.456 e. The number of aromatic nitrogens is 4. The predicted octanol–water partition coefficient (Wildman–Crippen LogP) is 2.83. The van der Waals surface area contributed by atoms with Gasteiger partial charge in [0.2, 0.25) is 0 Å². The first-order chi connectivity index (χ1) is 26.9. The summed E-state index contributed by atoms with van der Waals surface area (Å²) in [6, 6.07) is 48.4. The first-order valence-corrected chi connectivity index (χ1v) is 18.8. The van der Waals surface area contributed by atoms with Crippen molar-refractivity contribution in [2.75, 3.05) is 0 Å². The molecule has 0 amide bonds. The molecular weight excluding hydrogens is 667 g/mol. The Morgan fingerprint density at radius 1 is 0.418 bits per heavy atom. The van der Waals surface area contributed by atoms with E-state index in [1.807, 2.05) is 60.7 Å². The Labute approximate surface area is 323 Å². The highest BCUT2D eigenvalue weighted by Crippen LogP contribution is 2.39. The molecule has 0 fully saturated rings. The quantitative estimate of drug-likeness (QED) is 0.260. The van der Waals surface area contributed by atoms with Crippen LogP contribution in [0, 0.1) is 0 Å². The van der Waals surface area contributed by atoms with E-state index in [4.69, 9.17) is 19.4 Å². The van der Waals surface area contributed by atoms with Gasteiger partial charge in [-0.05, 0) is 53.6 Å². The van der Waals surface area contributed by atoms with Crippen LogP contribution in [0.5, 0.6) is 0 Å². The Morgan fingerprint density at radius 2 is 1.00 bits per heavy atom. The maximum Gasteiger partial charge on any atom is 0.164 e. The van der Waals surface area contributed by atoms with E-state index in [0.29, 0.717) is 17.5 Å². The third-order valence-corrected chi connectivity index (χ3v) is 11.6. The Morgan fingerprint density at radius 3 is 1.67 bits per heavy atom. The lowest BCUT2D eigenvalue weighted by Crippen LogP contribution is -2.55. The van der Waals surface area contributed by atoms with Crippen molar-refractivity contribution in [3.63, 3.8) is 0 Å². The summed E-state index contributed by atoms with van der Waals surface area (Å²) in [5, 5.41) is 4.62. The van der Waals surface area contributed by atoms with Crippen LogP contribution in [-0.4, -0.2) is 58.8 Å². The number of hydrogen-bond acceptors (Lipinski definition) is 4. The van der Waals surface area contributed by atoms with Gasteiger partial charge in [-0.1, -0.05) is 108 Å². The van der Waals surface area contributed by atoms with Gasteiger partial charge in [-0.2, -0.15) is 0 Å². The van der Waals surface area contributed by atoms with Crippen LogP contribution in [0.25, 0.3) is 94.7 Å². The number of hydrogen-bond donors (Lipinski definition) is 0. The summed E-state index contributed by atoms with van der Waals surface area (Å²) in [4.78, 5) is 14.8. The molecule has 0 atom stereocenters. The average molecular weight is 700 g/mol. The first-order valence-electron chi connectivity index (χ1n) is 18.8. The zero-order chi connectivity index (χ0) is 37.4. The maximum atomic E-state index is 6.55. The molecule has 0 saturated heterocycles. The molecule has 3 aromatic heterocycles. The van der Waals surface area contributed by atoms with E-state index in [0.717, 1.165) is 44.3 Å². The summed E-state index contributed by atoms with van der Waals surface area (Å²) >= 11 is 0. The fourth-order valence-corrected chi connectivity index (χ4v) is 8.39. The van der Waals surface area contributed by atoms with Gasteiger partial charge in [-0.3, -0.25) is 0 Å². The van der Waals surface area contributed by atoms with Gasteiger partial charge in [0.05, 0.1) is 11.0 Å². The van der Waals surface area contributed by atoms with Crippen molar-refractivity contribution in [3.8, 4) is 51.0 Å². The third kappa shape index (κ3) is 5.27. The third-order valence-electron chi connectivity index (χ3n) is 11.6. The van der Waals surface area contributed by atoms with Crippen molar-refractivity contribution >= 4 is 110 Å². The molecule has 254 valence electrons. The number of fused-ring (bicyclic) bond motifs is 6. The highest BCUT2D eigenvalue weighted by molar-refractivity contribution is 6.69. The molecule has 0 bridgehead atoms. The second-order valence-electron chi connectivity index (χ2n) is 14.6. The van der Waals surface area contributed by atoms with Crippen LogP contribution >= 0.6 is 0 Å². The van der Waals surface area contributed by atoms with E-state index in [9.17, 15) is 0 Å². The molecule has 7 aromatic carbocycles. The van der Waals surface area contributed by atoms with Crippen molar-refractivity contribution in [2.45, 2.75) is 0 Å². The van der Waals surface area contributed by atoms with Crippen molar-refractivity contribution in [1.82, 2.24) is 19.5 Å². The molecule has 0 spiro atoms. The summed E-state index contributed by atoms with van der Waals surface area (Å²) in [5.41, 5.74) is 17.2. The van der Waals surface area contributed by atoms with E-state index in [1.54, 1.807) is 0 Å². The summed E-state index contributed by atoms with van der Waals surface area (Å²) < 4.78 is 8.95. The van der Waals surface area contributed by atoms with Crippen LogP contribution < -0.4 is 27.3 Å². The highest BCUT2D eigenvalue weighted by atomic mass is 16.3. The number of rotatable bonds is 5. The molecule has 5 nitrogen and oxygen atoms in total. The lowest BCUT2D eigenvalue weighted by molar-refractivity contribution is 0.669. The molecule has 10 aromatic rings. The van der Waals surface area contributed by atoms with Crippen LogP contribution in [0.4, 0.5) is 0 Å². The van der Waals surface area contributed by atoms with Crippen LogP contribution in [0.2, 0.25) is 0 Å². The second kappa shape index (κ2) is 12.8. The largest absolute Gasteiger partial charge is 0.456 e. The monoisotopic (exact) mass is 700 g/mol. The van der Waals surface area contributed by atoms with E-state index < -0.39 is 0 Å². The standard InChI is InChI=1S/C45H33B5N4O/c46-38-37(39(47)41(49)42(50)40(38)48)30-15-9-17-33-36(30)29-14-7-8-16-32(29)54(33)27-19-21-34-31(23-27)28-20-18-26(22-35(28)55-34)45-52-43(24-10-3-1-4-11-24)51-44(53-45)25-12-5-2-6-13-25/h1-23H,46-50H2. The molecule has 0 aliphatic carbocycles. The smallest absolute Gasteiger partial charge is 0.164 e. The van der Waals surface area contributed by atoms with Crippen molar-refractivity contribution in [2.24, 2.45) is 0 Å². The van der Waals surface area contributed by atoms with Gasteiger partial charge < -0.3 is 8.98 Å². The zero-order valence-electron chi connectivity index (χ0n) is 31.5. The minimum atomic E-state index is 0.598. The topological polar surface area (TPSA) is 56.7 Å². The van der Waals surface area contributed by atoms with Gasteiger partial charge in [0.1, 0.15) is 50.4 Å². The lowest BCUT2D eigenvalue weighted by Gasteiger charge is -2.21. The predicted molar refractivity (Wildman–Crippen MR) is 244 cm³/mol. The highest BCUT2D eigenvalue weighted by Gasteiger charge is 2.21. The van der Waals surface area contributed by atoms with Gasteiger partial charge in [-0.15, -0.1) is 16.4 Å². The van der Waals surface area contributed by atoms with Crippen LogP contribution in [0.3, 0.4) is 0 Å². The molecule has 0 radical (unpaired) electrons. The van der Waals surface area contributed by atoms with Crippen molar-refractivity contribution < 1.29 is 4.42 Å². The Balaban J connectivity index is 1.13. The molecule has 0 aliphatic heterocycles. The molecule has 0 aliphatic rings. The molecule has 10 rings (SSSR count). The fraction of sp³-hybridized carbons (Fsp3) is 0. The molecule has 3 heterocycles. The average Bonchev–Trinajstić information content (AvgIpc) is 3.78. The number of furan rings is 1.